The largest absolute Gasteiger partial charge is 0.478 e. The lowest BCUT2D eigenvalue weighted by molar-refractivity contribution is 0.249. The Labute approximate surface area is 151 Å². The van der Waals surface area contributed by atoms with Crippen molar-refractivity contribution in [3.8, 4) is 0 Å². The average Bonchev–Trinajstić information content (AvgIpc) is 2.61. The van der Waals surface area contributed by atoms with Gasteiger partial charge in [-0.25, -0.2) is 9.78 Å². The molecule has 1 aromatic heterocycles. The van der Waals surface area contributed by atoms with Crippen LogP contribution in [0.5, 0.6) is 0 Å². The zero-order chi connectivity index (χ0) is 19.1. The molecule has 6 N–H and O–H groups in total. The van der Waals surface area contributed by atoms with Crippen LogP contribution >= 0.6 is 0 Å². The molecule has 1 heterocycles. The Morgan fingerprint density at radius 3 is 2.69 bits per heavy atom. The molecular weight excluding hydrogens is 334 g/mol. The summed E-state index contributed by atoms with van der Waals surface area (Å²) in [5.41, 5.74) is 7.49. The molecule has 0 aliphatic rings. The highest BCUT2D eigenvalue weighted by atomic mass is 16.5. The summed E-state index contributed by atoms with van der Waals surface area (Å²) in [7, 11) is 0. The fourth-order valence-corrected chi connectivity index (χ4v) is 2.45. The molecule has 0 aliphatic carbocycles. The molecule has 1 aromatic carbocycles. The lowest BCUT2D eigenvalue weighted by Gasteiger charge is -2.16. The first-order chi connectivity index (χ1) is 12.5. The summed E-state index contributed by atoms with van der Waals surface area (Å²) in [5, 5.41) is 22.8. The van der Waals surface area contributed by atoms with Crippen LogP contribution in [0.2, 0.25) is 0 Å². The summed E-state index contributed by atoms with van der Waals surface area (Å²) < 4.78 is 5.13. The molecule has 0 radical (unpaired) electrons. The topological polar surface area (TPSA) is 133 Å². The van der Waals surface area contributed by atoms with E-state index in [0.29, 0.717) is 6.61 Å². The number of anilines is 2. The first kappa shape index (κ1) is 19.2. The predicted octanol–water partition coefficient (Wildman–Crippen LogP) is 2.40. The number of urea groups is 1. The third-order valence-electron chi connectivity index (χ3n) is 3.68. The summed E-state index contributed by atoms with van der Waals surface area (Å²) in [5.74, 6) is 0.00705. The molecule has 1 unspecified atom stereocenters. The van der Waals surface area contributed by atoms with Gasteiger partial charge in [-0.05, 0) is 19.4 Å². The molecule has 0 saturated heterocycles. The van der Waals surface area contributed by atoms with E-state index < -0.39 is 12.6 Å². The number of carbonyl (C=O) groups excluding carboxylic acids is 1. The van der Waals surface area contributed by atoms with E-state index in [4.69, 9.17) is 15.9 Å². The van der Waals surface area contributed by atoms with Crippen LogP contribution in [-0.2, 0) is 11.3 Å². The highest BCUT2D eigenvalue weighted by Crippen LogP contribution is 2.21. The number of ether oxygens (including phenoxy) is 1. The normalized spacial score (nSPS) is 11.5. The third kappa shape index (κ3) is 4.70. The number of nitrogens with two attached hydrogens (primary N) is 1. The van der Waals surface area contributed by atoms with Gasteiger partial charge in [-0.1, -0.05) is 30.3 Å². The van der Waals surface area contributed by atoms with Crippen LogP contribution in [0.1, 0.15) is 36.7 Å². The number of benzene rings is 1. The summed E-state index contributed by atoms with van der Waals surface area (Å²) in [6.45, 7) is 3.46. The van der Waals surface area contributed by atoms with Crippen molar-refractivity contribution in [1.29, 1.82) is 5.41 Å². The molecule has 26 heavy (non-hydrogen) atoms. The first-order valence-corrected chi connectivity index (χ1v) is 8.20. The molecule has 8 heteroatoms. The van der Waals surface area contributed by atoms with Gasteiger partial charge >= 0.3 is 6.03 Å². The maximum atomic E-state index is 12.2. The van der Waals surface area contributed by atoms with Crippen molar-refractivity contribution in [1.82, 2.24) is 10.3 Å². The second-order valence-corrected chi connectivity index (χ2v) is 5.57. The molecule has 2 aromatic rings. The Hall–Kier alpha value is -3.13. The molecule has 8 nitrogen and oxygen atoms in total. The number of carbonyl (C=O) groups is 1. The van der Waals surface area contributed by atoms with E-state index in [0.717, 1.165) is 5.56 Å². The standard InChI is InChI=1S/C18H23N5O3/c1-3-26-17(20)16-13(19)9-15(22-14(16)10-24)23-18(25)21-11(2)12-7-5-4-6-8-12/h4-9,11,20,24H,3,10H2,1-2H3,(H4,19,21,22,23,25). The number of hydrogen-bond acceptors (Lipinski definition) is 6. The number of nitrogen functional groups attached to an aromatic ring is 1. The monoisotopic (exact) mass is 357 g/mol. The summed E-state index contributed by atoms with van der Waals surface area (Å²) in [6, 6.07) is 10.3. The zero-order valence-corrected chi connectivity index (χ0v) is 14.7. The van der Waals surface area contributed by atoms with E-state index >= 15 is 0 Å². The molecular formula is C18H23N5O3. The second kappa shape index (κ2) is 8.82. The molecule has 0 aliphatic heterocycles. The summed E-state index contributed by atoms with van der Waals surface area (Å²) in [6.07, 6.45) is 0. The minimum Gasteiger partial charge on any atom is -0.478 e. The quantitative estimate of drug-likeness (QED) is 0.400. The molecule has 138 valence electrons. The SMILES string of the molecule is CCOC(=N)c1c(N)cc(NC(=O)NC(C)c2ccccc2)nc1CO. The van der Waals surface area contributed by atoms with E-state index in [2.05, 4.69) is 15.6 Å². The van der Waals surface area contributed by atoms with Gasteiger partial charge in [0, 0.05) is 11.8 Å². The van der Waals surface area contributed by atoms with Crippen molar-refractivity contribution in [3.05, 3.63) is 53.2 Å². The van der Waals surface area contributed by atoms with Crippen molar-refractivity contribution in [2.24, 2.45) is 0 Å². The van der Waals surface area contributed by atoms with Crippen LogP contribution in [0.15, 0.2) is 36.4 Å². The molecule has 0 bridgehead atoms. The van der Waals surface area contributed by atoms with Gasteiger partial charge < -0.3 is 20.9 Å². The number of hydrogen-bond donors (Lipinski definition) is 5. The van der Waals surface area contributed by atoms with Crippen molar-refractivity contribution in [2.45, 2.75) is 26.5 Å². The fraction of sp³-hybridized carbons (Fsp3) is 0.278. The number of nitrogens with zero attached hydrogens (tertiary/aromatic N) is 1. The number of amides is 2. The van der Waals surface area contributed by atoms with Crippen molar-refractivity contribution >= 4 is 23.4 Å². The number of rotatable bonds is 6. The van der Waals surface area contributed by atoms with Crippen LogP contribution in [0.3, 0.4) is 0 Å². The van der Waals surface area contributed by atoms with Gasteiger partial charge in [0.25, 0.3) is 0 Å². The Morgan fingerprint density at radius 1 is 1.38 bits per heavy atom. The minimum absolute atomic E-state index is 0.162. The zero-order valence-electron chi connectivity index (χ0n) is 14.7. The number of pyridine rings is 1. The van der Waals surface area contributed by atoms with E-state index in [1.807, 2.05) is 37.3 Å². The average molecular weight is 357 g/mol. The van der Waals surface area contributed by atoms with E-state index in [1.165, 1.54) is 6.07 Å². The number of aliphatic hydroxyl groups is 1. The first-order valence-electron chi connectivity index (χ1n) is 8.20. The Morgan fingerprint density at radius 2 is 2.08 bits per heavy atom. The summed E-state index contributed by atoms with van der Waals surface area (Å²) in [4.78, 5) is 16.3. The maximum absolute atomic E-state index is 12.2. The molecule has 2 rings (SSSR count). The van der Waals surface area contributed by atoms with E-state index in [-0.39, 0.29) is 34.7 Å². The van der Waals surface area contributed by atoms with Crippen LogP contribution in [-0.4, -0.2) is 28.6 Å². The lowest BCUT2D eigenvalue weighted by atomic mass is 10.1. The second-order valence-electron chi connectivity index (χ2n) is 5.57. The lowest BCUT2D eigenvalue weighted by Crippen LogP contribution is -2.31. The van der Waals surface area contributed by atoms with Gasteiger partial charge in [0.2, 0.25) is 5.90 Å². The number of aliphatic hydroxyl groups excluding tert-OH is 1. The fourth-order valence-electron chi connectivity index (χ4n) is 2.45. The van der Waals surface area contributed by atoms with Crippen molar-refractivity contribution in [3.63, 3.8) is 0 Å². The maximum Gasteiger partial charge on any atom is 0.320 e. The minimum atomic E-state index is -0.454. The van der Waals surface area contributed by atoms with Gasteiger partial charge in [0.15, 0.2) is 0 Å². The number of aromatic nitrogens is 1. The molecule has 0 saturated carbocycles. The Balaban J connectivity index is 2.13. The van der Waals surface area contributed by atoms with Crippen molar-refractivity contribution < 1.29 is 14.6 Å². The van der Waals surface area contributed by atoms with Gasteiger partial charge in [-0.15, -0.1) is 0 Å². The van der Waals surface area contributed by atoms with E-state index in [9.17, 15) is 9.90 Å². The highest BCUT2D eigenvalue weighted by molar-refractivity contribution is 5.99. The molecule has 0 fully saturated rings. The molecule has 1 atom stereocenters. The van der Waals surface area contributed by atoms with Crippen LogP contribution in [0, 0.1) is 5.41 Å². The van der Waals surface area contributed by atoms with E-state index in [1.54, 1.807) is 6.92 Å². The van der Waals surface area contributed by atoms with Crippen LogP contribution in [0.4, 0.5) is 16.3 Å². The third-order valence-corrected chi connectivity index (χ3v) is 3.68. The molecule has 0 spiro atoms. The summed E-state index contributed by atoms with van der Waals surface area (Å²) >= 11 is 0. The predicted molar refractivity (Wildman–Crippen MR) is 100 cm³/mol. The van der Waals surface area contributed by atoms with Crippen molar-refractivity contribution in [2.75, 3.05) is 17.7 Å². The van der Waals surface area contributed by atoms with Gasteiger partial charge in [0.1, 0.15) is 5.82 Å². The van der Waals surface area contributed by atoms with Gasteiger partial charge in [-0.3, -0.25) is 10.7 Å². The van der Waals surface area contributed by atoms with Crippen LogP contribution < -0.4 is 16.4 Å². The Kier molecular flexibility index (Phi) is 6.51. The molecule has 2 amide bonds. The van der Waals surface area contributed by atoms with Crippen LogP contribution in [0.25, 0.3) is 0 Å². The Bertz CT molecular complexity index is 780. The highest BCUT2D eigenvalue weighted by Gasteiger charge is 2.17. The van der Waals surface area contributed by atoms with Gasteiger partial charge in [-0.2, -0.15) is 0 Å². The van der Waals surface area contributed by atoms with Gasteiger partial charge in [0.05, 0.1) is 30.5 Å². The number of nitrogens with one attached hydrogen (secondary N) is 3. The smallest absolute Gasteiger partial charge is 0.320 e.